The largest absolute Gasteiger partial charge is 0.484 e. The Kier molecular flexibility index (Phi) is 4.71. The van der Waals surface area contributed by atoms with Crippen LogP contribution in [-0.2, 0) is 11.2 Å². The minimum atomic E-state index is -0.610. The first kappa shape index (κ1) is 18.7. The summed E-state index contributed by atoms with van der Waals surface area (Å²) in [5.74, 6) is -0.169. The van der Waals surface area contributed by atoms with E-state index in [4.69, 9.17) is 4.74 Å². The first-order valence-corrected chi connectivity index (χ1v) is 10.5. The molecule has 1 aliphatic rings. The average Bonchev–Trinajstić information content (AvgIpc) is 3.34. The van der Waals surface area contributed by atoms with Crippen LogP contribution < -0.4 is 4.74 Å². The number of aromatic nitrogens is 3. The Balaban J connectivity index is 1.50. The summed E-state index contributed by atoms with van der Waals surface area (Å²) in [5.41, 5.74) is 3.17. The van der Waals surface area contributed by atoms with Crippen LogP contribution in [0.25, 0.3) is 4.96 Å². The van der Waals surface area contributed by atoms with Crippen LogP contribution in [-0.4, -0.2) is 38.3 Å². The Labute approximate surface area is 176 Å². The fourth-order valence-corrected chi connectivity index (χ4v) is 4.61. The molecular weight excluding hydrogens is 403 g/mol. The quantitative estimate of drug-likeness (QED) is 0.470. The van der Waals surface area contributed by atoms with E-state index in [-0.39, 0.29) is 12.5 Å². The Morgan fingerprint density at radius 3 is 2.93 bits per heavy atom. The van der Waals surface area contributed by atoms with Crippen molar-refractivity contribution in [1.29, 1.82) is 0 Å². The summed E-state index contributed by atoms with van der Waals surface area (Å²) >= 11 is 1.51. The molecule has 5 rings (SSSR count). The molecule has 1 unspecified atom stereocenters. The number of fused-ring (bicyclic) bond motifs is 3. The van der Waals surface area contributed by atoms with Crippen molar-refractivity contribution in [3.05, 3.63) is 82.6 Å². The monoisotopic (exact) mass is 422 g/mol. The van der Waals surface area contributed by atoms with Crippen LogP contribution in [0.2, 0.25) is 0 Å². The fourth-order valence-electron chi connectivity index (χ4n) is 3.87. The molecular formula is C22H19FN4O2S. The van der Waals surface area contributed by atoms with Gasteiger partial charge in [-0.2, -0.15) is 4.39 Å². The summed E-state index contributed by atoms with van der Waals surface area (Å²) in [6, 6.07) is 10.3. The molecule has 8 heteroatoms. The molecule has 4 heterocycles. The maximum Gasteiger partial charge on any atom is 0.261 e. The zero-order chi connectivity index (χ0) is 20.7. The zero-order valence-electron chi connectivity index (χ0n) is 16.3. The maximum atomic E-state index is 14.7. The van der Waals surface area contributed by atoms with E-state index in [9.17, 15) is 9.18 Å². The number of thiazole rings is 1. The number of carbonyl (C=O) groups is 1. The van der Waals surface area contributed by atoms with Gasteiger partial charge in [-0.05, 0) is 25.1 Å². The molecule has 1 atom stereocenters. The van der Waals surface area contributed by atoms with Gasteiger partial charge < -0.3 is 9.64 Å². The molecule has 0 saturated heterocycles. The van der Waals surface area contributed by atoms with E-state index in [0.29, 0.717) is 24.3 Å². The first-order valence-electron chi connectivity index (χ1n) is 9.65. The van der Waals surface area contributed by atoms with Crippen molar-refractivity contribution < 1.29 is 13.9 Å². The van der Waals surface area contributed by atoms with Gasteiger partial charge in [0.15, 0.2) is 11.6 Å². The van der Waals surface area contributed by atoms with E-state index in [2.05, 4.69) is 9.97 Å². The molecule has 0 spiro atoms. The number of halogens is 1. The molecule has 1 aliphatic heterocycles. The molecule has 0 radical (unpaired) electrons. The van der Waals surface area contributed by atoms with Gasteiger partial charge in [0.05, 0.1) is 11.4 Å². The minimum Gasteiger partial charge on any atom is -0.484 e. The molecule has 30 heavy (non-hydrogen) atoms. The molecule has 3 aromatic heterocycles. The molecule has 0 saturated carbocycles. The number of ether oxygens (including phenoxy) is 1. The third kappa shape index (κ3) is 3.23. The second-order valence-corrected chi connectivity index (χ2v) is 8.10. The molecule has 0 bridgehead atoms. The van der Waals surface area contributed by atoms with Crippen LogP contribution in [0.3, 0.4) is 0 Å². The van der Waals surface area contributed by atoms with Gasteiger partial charge in [0.2, 0.25) is 5.95 Å². The summed E-state index contributed by atoms with van der Waals surface area (Å²) in [7, 11) is 0. The second-order valence-electron chi connectivity index (χ2n) is 7.22. The molecule has 4 aromatic rings. The molecule has 1 amide bonds. The highest BCUT2D eigenvalue weighted by molar-refractivity contribution is 7.15. The highest BCUT2D eigenvalue weighted by Crippen LogP contribution is 2.37. The lowest BCUT2D eigenvalue weighted by molar-refractivity contribution is -0.135. The average molecular weight is 422 g/mol. The number of carbonyl (C=O) groups excluding carboxylic acids is 1. The standard InChI is InChI=1S/C22H19FN4O2S/c1-14-4-6-15(7-5-14)29-13-18(28)26-10-8-17-20(27-11-12-30-22(27)25-17)19(26)16-3-2-9-24-21(16)23/h2-7,9,11-12,19H,8,10,13H2,1H3. The summed E-state index contributed by atoms with van der Waals surface area (Å²) in [5, 5.41) is 1.93. The van der Waals surface area contributed by atoms with Crippen molar-refractivity contribution in [2.24, 2.45) is 0 Å². The number of hydrogen-bond acceptors (Lipinski definition) is 5. The first-order chi connectivity index (χ1) is 14.6. The molecule has 0 fully saturated rings. The molecule has 6 nitrogen and oxygen atoms in total. The highest BCUT2D eigenvalue weighted by Gasteiger charge is 2.37. The van der Waals surface area contributed by atoms with Crippen LogP contribution >= 0.6 is 11.3 Å². The summed E-state index contributed by atoms with van der Waals surface area (Å²) in [4.78, 5) is 24.2. The number of benzene rings is 1. The maximum absolute atomic E-state index is 14.7. The lowest BCUT2D eigenvalue weighted by atomic mass is 9.96. The summed E-state index contributed by atoms with van der Waals surface area (Å²) in [6.07, 6.45) is 3.92. The number of rotatable bonds is 4. The zero-order valence-corrected chi connectivity index (χ0v) is 17.1. The lowest BCUT2D eigenvalue weighted by Gasteiger charge is -2.35. The van der Waals surface area contributed by atoms with Gasteiger partial charge in [-0.3, -0.25) is 9.20 Å². The van der Waals surface area contributed by atoms with Gasteiger partial charge in [-0.1, -0.05) is 23.8 Å². The Bertz CT molecular complexity index is 1220. The van der Waals surface area contributed by atoms with Crippen LogP contribution in [0.5, 0.6) is 5.75 Å². The number of aryl methyl sites for hydroxylation is 1. The normalized spacial score (nSPS) is 15.9. The molecule has 0 N–H and O–H groups in total. The van der Waals surface area contributed by atoms with Crippen LogP contribution in [0.15, 0.2) is 54.2 Å². The predicted octanol–water partition coefficient (Wildman–Crippen LogP) is 3.79. The Hall–Kier alpha value is -3.26. The number of imidazole rings is 1. The van der Waals surface area contributed by atoms with Gasteiger partial charge >= 0.3 is 0 Å². The number of hydrogen-bond donors (Lipinski definition) is 0. The van der Waals surface area contributed by atoms with Crippen LogP contribution in [0.1, 0.15) is 28.6 Å². The Morgan fingerprint density at radius 1 is 1.30 bits per heavy atom. The molecule has 152 valence electrons. The van der Waals surface area contributed by atoms with Gasteiger partial charge in [0.1, 0.15) is 11.8 Å². The number of nitrogens with zero attached hydrogens (tertiary/aromatic N) is 4. The van der Waals surface area contributed by atoms with Crippen molar-refractivity contribution in [3.8, 4) is 5.75 Å². The third-order valence-electron chi connectivity index (χ3n) is 5.32. The summed E-state index contributed by atoms with van der Waals surface area (Å²) in [6.45, 7) is 2.30. The molecule has 0 aliphatic carbocycles. The van der Waals surface area contributed by atoms with Crippen LogP contribution in [0.4, 0.5) is 4.39 Å². The van der Waals surface area contributed by atoms with Crippen molar-refractivity contribution in [2.45, 2.75) is 19.4 Å². The minimum absolute atomic E-state index is 0.123. The highest BCUT2D eigenvalue weighted by atomic mass is 32.1. The van der Waals surface area contributed by atoms with E-state index in [0.717, 1.165) is 21.9 Å². The predicted molar refractivity (Wildman–Crippen MR) is 111 cm³/mol. The van der Waals surface area contributed by atoms with E-state index < -0.39 is 12.0 Å². The van der Waals surface area contributed by atoms with Crippen molar-refractivity contribution in [2.75, 3.05) is 13.2 Å². The van der Waals surface area contributed by atoms with Crippen molar-refractivity contribution in [3.63, 3.8) is 0 Å². The van der Waals surface area contributed by atoms with Crippen molar-refractivity contribution in [1.82, 2.24) is 19.3 Å². The third-order valence-corrected chi connectivity index (χ3v) is 6.08. The smallest absolute Gasteiger partial charge is 0.261 e. The fraction of sp³-hybridized carbons (Fsp3) is 0.227. The van der Waals surface area contributed by atoms with Gasteiger partial charge in [0, 0.05) is 36.3 Å². The van der Waals surface area contributed by atoms with E-state index >= 15 is 0 Å². The topological polar surface area (TPSA) is 59.7 Å². The van der Waals surface area contributed by atoms with Crippen molar-refractivity contribution >= 4 is 22.2 Å². The second kappa shape index (κ2) is 7.53. The molecule has 1 aromatic carbocycles. The van der Waals surface area contributed by atoms with Gasteiger partial charge in [-0.25, -0.2) is 9.97 Å². The van der Waals surface area contributed by atoms with Gasteiger partial charge in [0.25, 0.3) is 5.91 Å². The van der Waals surface area contributed by atoms with E-state index in [1.165, 1.54) is 17.5 Å². The summed E-state index contributed by atoms with van der Waals surface area (Å²) < 4.78 is 22.4. The van der Waals surface area contributed by atoms with E-state index in [1.807, 2.05) is 47.2 Å². The Morgan fingerprint density at radius 2 is 2.13 bits per heavy atom. The number of amides is 1. The van der Waals surface area contributed by atoms with Crippen LogP contribution in [0, 0.1) is 12.9 Å². The number of pyridine rings is 1. The van der Waals surface area contributed by atoms with Gasteiger partial charge in [-0.15, -0.1) is 11.3 Å². The lowest BCUT2D eigenvalue weighted by Crippen LogP contribution is -2.43. The SMILES string of the molecule is Cc1ccc(OCC(=O)N2CCc3nc4sccn4c3C2c2cccnc2F)cc1. The van der Waals surface area contributed by atoms with E-state index in [1.54, 1.807) is 17.0 Å².